The Labute approximate surface area is 163 Å². The number of hydrogen-bond donors (Lipinski definition) is 0. The molecule has 1 aromatic rings. The van der Waals surface area contributed by atoms with Gasteiger partial charge in [-0.2, -0.15) is 0 Å². The van der Waals surface area contributed by atoms with Crippen molar-refractivity contribution >= 4 is 39.3 Å². The topological polar surface area (TPSA) is 32.8 Å². The van der Waals surface area contributed by atoms with Crippen LogP contribution in [-0.2, 0) is 11.2 Å². The third kappa shape index (κ3) is 4.08. The van der Waals surface area contributed by atoms with E-state index in [0.717, 1.165) is 35.3 Å². The van der Waals surface area contributed by atoms with E-state index in [2.05, 4.69) is 33.8 Å². The Hall–Kier alpha value is -0.940. The fraction of sp³-hybridized carbons (Fsp3) is 0.632. The fourth-order valence-electron chi connectivity index (χ4n) is 3.85. The van der Waals surface area contributed by atoms with E-state index in [1.54, 1.807) is 0 Å². The molecule has 0 saturated carbocycles. The van der Waals surface area contributed by atoms with Crippen molar-refractivity contribution in [3.05, 3.63) is 27.2 Å². The quantitative estimate of drug-likeness (QED) is 0.611. The van der Waals surface area contributed by atoms with Crippen molar-refractivity contribution in [2.45, 2.75) is 64.6 Å². The highest BCUT2D eigenvalue weighted by Crippen LogP contribution is 2.40. The molecule has 2 atom stereocenters. The van der Waals surface area contributed by atoms with E-state index in [1.807, 2.05) is 31.7 Å². The van der Waals surface area contributed by atoms with E-state index >= 15 is 0 Å². The second kappa shape index (κ2) is 6.99. The van der Waals surface area contributed by atoms with Crippen molar-refractivity contribution in [3.8, 4) is 0 Å². The molecule has 0 aliphatic carbocycles. The number of aryl methyl sites for hydroxylation is 1. The zero-order valence-electron chi connectivity index (χ0n) is 15.3. The average molecular weight is 430 g/mol. The number of benzene rings is 1. The molecule has 2 aliphatic rings. The largest absolute Gasteiger partial charge is 0.444 e. The van der Waals surface area contributed by atoms with Crippen LogP contribution in [0.25, 0.3) is 0 Å². The van der Waals surface area contributed by atoms with Crippen molar-refractivity contribution < 1.29 is 9.53 Å². The maximum absolute atomic E-state index is 12.5. The molecular weight excluding hydrogens is 404 g/mol. The highest BCUT2D eigenvalue weighted by atomic mass is 79.9. The Bertz CT molecular complexity index is 674. The van der Waals surface area contributed by atoms with Gasteiger partial charge in [-0.15, -0.1) is 0 Å². The van der Waals surface area contributed by atoms with Gasteiger partial charge in [0.05, 0.1) is 5.69 Å². The van der Waals surface area contributed by atoms with Crippen LogP contribution in [-0.4, -0.2) is 41.8 Å². The molecule has 2 heterocycles. The lowest BCUT2D eigenvalue weighted by Gasteiger charge is -2.37. The molecule has 0 radical (unpaired) electrons. The normalized spacial score (nSPS) is 23.6. The number of halogens is 2. The van der Waals surface area contributed by atoms with Gasteiger partial charge in [0.1, 0.15) is 5.60 Å². The number of anilines is 1. The second-order valence-electron chi connectivity index (χ2n) is 8.06. The van der Waals surface area contributed by atoms with Gasteiger partial charge in [-0.05, 0) is 80.6 Å². The van der Waals surface area contributed by atoms with Crippen LogP contribution in [0.4, 0.5) is 10.5 Å². The lowest BCUT2D eigenvalue weighted by Crippen LogP contribution is -2.43. The molecule has 3 rings (SSSR count). The highest BCUT2D eigenvalue weighted by molar-refractivity contribution is 9.10. The number of likely N-dealkylation sites (tertiary alicyclic amines) is 1. The Morgan fingerprint density at radius 1 is 1.36 bits per heavy atom. The summed E-state index contributed by atoms with van der Waals surface area (Å²) < 4.78 is 6.62. The monoisotopic (exact) mass is 428 g/mol. The Kier molecular flexibility index (Phi) is 5.27. The minimum absolute atomic E-state index is 0.177. The molecule has 6 heteroatoms. The van der Waals surface area contributed by atoms with Gasteiger partial charge in [-0.3, -0.25) is 0 Å². The predicted molar refractivity (Wildman–Crippen MR) is 106 cm³/mol. The first-order chi connectivity index (χ1) is 11.7. The predicted octanol–water partition coefficient (Wildman–Crippen LogP) is 5.25. The number of carbonyl (C=O) groups is 1. The lowest BCUT2D eigenvalue weighted by atomic mass is 9.99. The molecule has 0 N–H and O–H groups in total. The van der Waals surface area contributed by atoms with Crippen LogP contribution < -0.4 is 4.90 Å². The smallest absolute Gasteiger partial charge is 0.410 e. The molecule has 138 valence electrons. The van der Waals surface area contributed by atoms with E-state index < -0.39 is 5.60 Å². The summed E-state index contributed by atoms with van der Waals surface area (Å²) in [6.45, 7) is 9.53. The first-order valence-corrected chi connectivity index (χ1v) is 10.1. The zero-order valence-corrected chi connectivity index (χ0v) is 17.7. The van der Waals surface area contributed by atoms with Crippen LogP contribution >= 0.6 is 27.5 Å². The van der Waals surface area contributed by atoms with Crippen LogP contribution in [0, 0.1) is 0 Å². The van der Waals surface area contributed by atoms with Gasteiger partial charge in [-0.1, -0.05) is 11.6 Å². The van der Waals surface area contributed by atoms with Crippen molar-refractivity contribution in [1.82, 2.24) is 4.90 Å². The summed E-state index contributed by atoms with van der Waals surface area (Å²) in [5.74, 6) is 0. The number of fused-ring (bicyclic) bond motifs is 1. The van der Waals surface area contributed by atoms with Crippen LogP contribution in [0.15, 0.2) is 16.6 Å². The lowest BCUT2D eigenvalue weighted by molar-refractivity contribution is 0.0237. The number of amides is 1. The maximum atomic E-state index is 12.5. The summed E-state index contributed by atoms with van der Waals surface area (Å²) in [5, 5.41) is 0.766. The van der Waals surface area contributed by atoms with Gasteiger partial charge < -0.3 is 14.5 Å². The first-order valence-electron chi connectivity index (χ1n) is 8.90. The summed E-state index contributed by atoms with van der Waals surface area (Å²) in [4.78, 5) is 16.8. The van der Waals surface area contributed by atoms with Gasteiger partial charge >= 0.3 is 6.09 Å². The maximum Gasteiger partial charge on any atom is 0.410 e. The Morgan fingerprint density at radius 2 is 2.08 bits per heavy atom. The van der Waals surface area contributed by atoms with Crippen molar-refractivity contribution in [2.75, 3.05) is 18.0 Å². The van der Waals surface area contributed by atoms with Crippen molar-refractivity contribution in [3.63, 3.8) is 0 Å². The molecule has 4 nitrogen and oxygen atoms in total. The summed E-state index contributed by atoms with van der Waals surface area (Å²) in [6, 6.07) is 4.51. The molecule has 1 amide bonds. The summed E-state index contributed by atoms with van der Waals surface area (Å²) in [7, 11) is 0. The fourth-order valence-corrected chi connectivity index (χ4v) is 4.95. The Morgan fingerprint density at radius 3 is 2.76 bits per heavy atom. The van der Waals surface area contributed by atoms with E-state index in [1.165, 1.54) is 11.3 Å². The molecule has 1 fully saturated rings. The molecule has 2 unspecified atom stereocenters. The molecule has 1 saturated heterocycles. The minimum atomic E-state index is -0.466. The third-order valence-corrected chi connectivity index (χ3v) is 5.68. The van der Waals surface area contributed by atoms with E-state index in [-0.39, 0.29) is 12.1 Å². The highest BCUT2D eigenvalue weighted by Gasteiger charge is 2.39. The molecule has 1 aromatic carbocycles. The second-order valence-corrected chi connectivity index (χ2v) is 9.35. The van der Waals surface area contributed by atoms with Gasteiger partial charge in [0.25, 0.3) is 0 Å². The van der Waals surface area contributed by atoms with Crippen LogP contribution in [0.2, 0.25) is 5.02 Å². The number of ether oxygens (including phenoxy) is 1. The zero-order chi connectivity index (χ0) is 18.4. The molecule has 25 heavy (non-hydrogen) atoms. The summed E-state index contributed by atoms with van der Waals surface area (Å²) in [6.07, 6.45) is 2.89. The minimum Gasteiger partial charge on any atom is -0.444 e. The van der Waals surface area contributed by atoms with Crippen LogP contribution in [0.1, 0.15) is 46.1 Å². The van der Waals surface area contributed by atoms with Crippen LogP contribution in [0.5, 0.6) is 0 Å². The molecule has 0 spiro atoms. The molecular formula is C19H26BrClN2O2. The average Bonchev–Trinajstić information content (AvgIpc) is 2.86. The molecule has 2 aliphatic heterocycles. The number of carbonyl (C=O) groups excluding carboxylic acids is 1. The van der Waals surface area contributed by atoms with Gasteiger partial charge in [0.2, 0.25) is 0 Å². The van der Waals surface area contributed by atoms with E-state index in [9.17, 15) is 4.79 Å². The van der Waals surface area contributed by atoms with Crippen LogP contribution in [0.3, 0.4) is 0 Å². The van der Waals surface area contributed by atoms with Gasteiger partial charge in [-0.25, -0.2) is 4.79 Å². The summed E-state index contributed by atoms with van der Waals surface area (Å²) in [5.41, 5.74) is 2.06. The van der Waals surface area contributed by atoms with Gasteiger partial charge in [0, 0.05) is 34.7 Å². The van der Waals surface area contributed by atoms with Crippen molar-refractivity contribution in [1.29, 1.82) is 0 Å². The van der Waals surface area contributed by atoms with E-state index in [0.29, 0.717) is 12.6 Å². The standard InChI is InChI=1S/C19H26BrClN2O2/c1-12-8-15(11-23(12)18(24)25-19(2,3)4)22-7-5-6-13-9-14(21)10-16(20)17(13)22/h9-10,12,15H,5-8,11H2,1-4H3. The summed E-state index contributed by atoms with van der Waals surface area (Å²) >= 11 is 9.91. The first kappa shape index (κ1) is 18.8. The van der Waals surface area contributed by atoms with Gasteiger partial charge in [0.15, 0.2) is 0 Å². The third-order valence-electron chi connectivity index (χ3n) is 4.86. The number of nitrogens with zero attached hydrogens (tertiary/aromatic N) is 2. The SMILES string of the molecule is CC1CC(N2CCCc3cc(Cl)cc(Br)c32)CN1C(=O)OC(C)(C)C. The molecule has 0 bridgehead atoms. The van der Waals surface area contributed by atoms with E-state index in [4.69, 9.17) is 16.3 Å². The Balaban J connectivity index is 1.80. The number of hydrogen-bond acceptors (Lipinski definition) is 3. The van der Waals surface area contributed by atoms with Crippen molar-refractivity contribution in [2.24, 2.45) is 0 Å². The molecule has 0 aromatic heterocycles. The number of rotatable bonds is 1.